The van der Waals surface area contributed by atoms with Crippen molar-refractivity contribution in [2.75, 3.05) is 5.32 Å². The molecular weight excluding hydrogens is 272 g/mol. The smallest absolute Gasteiger partial charge is 0.337 e. The normalized spacial score (nSPS) is 10.2. The van der Waals surface area contributed by atoms with Crippen molar-refractivity contribution in [3.05, 3.63) is 41.4 Å². The van der Waals surface area contributed by atoms with Gasteiger partial charge in [-0.1, -0.05) is 17.7 Å². The van der Waals surface area contributed by atoms with Gasteiger partial charge < -0.3 is 10.4 Å². The van der Waals surface area contributed by atoms with Crippen LogP contribution in [0.15, 0.2) is 30.9 Å². The number of nitrogens with one attached hydrogen (secondary N) is 1. The molecule has 0 saturated carbocycles. The fourth-order valence-electron chi connectivity index (χ4n) is 1.47. The van der Waals surface area contributed by atoms with Gasteiger partial charge in [0.1, 0.15) is 19.2 Å². The van der Waals surface area contributed by atoms with Crippen molar-refractivity contribution in [3.63, 3.8) is 0 Å². The van der Waals surface area contributed by atoms with Gasteiger partial charge in [0.2, 0.25) is 5.91 Å². The molecule has 0 aliphatic heterocycles. The van der Waals surface area contributed by atoms with Crippen LogP contribution in [0.1, 0.15) is 10.4 Å². The Morgan fingerprint density at radius 1 is 1.42 bits per heavy atom. The number of para-hydroxylation sites is 1. The fraction of sp³-hybridized carbons (Fsp3) is 0.0909. The number of amides is 1. The fourth-order valence-corrected chi connectivity index (χ4v) is 1.69. The molecule has 0 aliphatic rings. The van der Waals surface area contributed by atoms with Crippen LogP contribution in [0.5, 0.6) is 0 Å². The van der Waals surface area contributed by atoms with Crippen LogP contribution in [0.4, 0.5) is 5.69 Å². The van der Waals surface area contributed by atoms with Crippen LogP contribution in [-0.2, 0) is 11.3 Å². The van der Waals surface area contributed by atoms with Crippen LogP contribution in [0.25, 0.3) is 0 Å². The minimum atomic E-state index is -1.17. The number of aromatic carboxylic acids is 1. The summed E-state index contributed by atoms with van der Waals surface area (Å²) in [7, 11) is 0. The third kappa shape index (κ3) is 3.08. The van der Waals surface area contributed by atoms with Gasteiger partial charge in [-0.3, -0.25) is 4.79 Å². The van der Waals surface area contributed by atoms with Crippen molar-refractivity contribution in [2.24, 2.45) is 0 Å². The number of carbonyl (C=O) groups is 2. The van der Waals surface area contributed by atoms with Gasteiger partial charge in [-0.25, -0.2) is 14.5 Å². The highest BCUT2D eigenvalue weighted by molar-refractivity contribution is 6.34. The number of benzene rings is 1. The topological polar surface area (TPSA) is 97.1 Å². The number of carbonyl (C=O) groups excluding carboxylic acids is 1. The van der Waals surface area contributed by atoms with Gasteiger partial charge in [-0.2, -0.15) is 5.10 Å². The van der Waals surface area contributed by atoms with Crippen molar-refractivity contribution in [1.29, 1.82) is 0 Å². The molecule has 8 heteroatoms. The predicted octanol–water partition coefficient (Wildman–Crippen LogP) is 1.27. The lowest BCUT2D eigenvalue weighted by Gasteiger charge is -2.10. The van der Waals surface area contributed by atoms with Crippen molar-refractivity contribution >= 4 is 29.2 Å². The Morgan fingerprint density at radius 3 is 2.84 bits per heavy atom. The molecule has 2 N–H and O–H groups in total. The molecule has 0 spiro atoms. The van der Waals surface area contributed by atoms with Gasteiger partial charge in [0.05, 0.1) is 16.3 Å². The Bertz CT molecular complexity index is 612. The maximum atomic E-state index is 11.8. The SMILES string of the molecule is O=C(Cn1cncn1)Nc1c(Cl)cccc1C(=O)O. The molecule has 98 valence electrons. The Morgan fingerprint density at radius 2 is 2.21 bits per heavy atom. The van der Waals surface area contributed by atoms with Crippen molar-refractivity contribution in [1.82, 2.24) is 14.8 Å². The summed E-state index contributed by atoms with van der Waals surface area (Å²) >= 11 is 5.89. The second kappa shape index (κ2) is 5.49. The first-order chi connectivity index (χ1) is 9.08. The highest BCUT2D eigenvalue weighted by Gasteiger charge is 2.15. The van der Waals surface area contributed by atoms with Gasteiger partial charge in [0.15, 0.2) is 0 Å². The molecule has 0 atom stereocenters. The van der Waals surface area contributed by atoms with Crippen LogP contribution < -0.4 is 5.32 Å². The van der Waals surface area contributed by atoms with Gasteiger partial charge in [0, 0.05) is 0 Å². The number of hydrogen-bond donors (Lipinski definition) is 2. The number of hydrogen-bond acceptors (Lipinski definition) is 4. The van der Waals surface area contributed by atoms with Gasteiger partial charge in [-0.05, 0) is 12.1 Å². The number of aromatic nitrogens is 3. The molecular formula is C11H9ClN4O3. The number of nitrogens with zero attached hydrogens (tertiary/aromatic N) is 3. The lowest BCUT2D eigenvalue weighted by atomic mass is 10.2. The minimum absolute atomic E-state index is 0.0700. The Balaban J connectivity index is 2.19. The van der Waals surface area contributed by atoms with E-state index in [4.69, 9.17) is 16.7 Å². The van der Waals surface area contributed by atoms with E-state index < -0.39 is 11.9 Å². The maximum Gasteiger partial charge on any atom is 0.337 e. The molecule has 19 heavy (non-hydrogen) atoms. The summed E-state index contributed by atoms with van der Waals surface area (Å²) in [4.78, 5) is 26.5. The summed E-state index contributed by atoms with van der Waals surface area (Å²) in [6.07, 6.45) is 2.68. The van der Waals surface area contributed by atoms with Crippen molar-refractivity contribution in [3.8, 4) is 0 Å². The number of carboxylic acids is 1. The number of halogens is 1. The monoisotopic (exact) mass is 280 g/mol. The van der Waals surface area contributed by atoms with Crippen LogP contribution in [-0.4, -0.2) is 31.7 Å². The Labute approximate surface area is 112 Å². The second-order valence-corrected chi connectivity index (χ2v) is 4.02. The average molecular weight is 281 g/mol. The molecule has 0 aliphatic carbocycles. The zero-order chi connectivity index (χ0) is 13.8. The van der Waals surface area contributed by atoms with E-state index in [0.717, 1.165) is 0 Å². The van der Waals surface area contributed by atoms with Gasteiger partial charge in [0.25, 0.3) is 0 Å². The minimum Gasteiger partial charge on any atom is -0.478 e. The Kier molecular flexibility index (Phi) is 3.76. The molecule has 1 aromatic heterocycles. The van der Waals surface area contributed by atoms with Crippen LogP contribution in [0, 0.1) is 0 Å². The summed E-state index contributed by atoms with van der Waals surface area (Å²) < 4.78 is 1.31. The van der Waals surface area contributed by atoms with Gasteiger partial charge >= 0.3 is 5.97 Å². The quantitative estimate of drug-likeness (QED) is 0.879. The van der Waals surface area contributed by atoms with Crippen LogP contribution in [0.2, 0.25) is 5.02 Å². The van der Waals surface area contributed by atoms with E-state index in [1.807, 2.05) is 0 Å². The molecule has 2 rings (SSSR count). The Hall–Kier alpha value is -2.41. The molecule has 0 unspecified atom stereocenters. The van der Waals surface area contributed by atoms with E-state index in [0.29, 0.717) is 0 Å². The predicted molar refractivity (Wildman–Crippen MR) is 67.1 cm³/mol. The molecule has 2 aromatic rings. The van der Waals surface area contributed by atoms with Crippen molar-refractivity contribution in [2.45, 2.75) is 6.54 Å². The standard InChI is InChI=1S/C11H9ClN4O3/c12-8-3-1-2-7(11(18)19)10(8)15-9(17)4-16-6-13-5-14-16/h1-3,5-6H,4H2,(H,15,17)(H,18,19). The molecule has 7 nitrogen and oxygen atoms in total. The highest BCUT2D eigenvalue weighted by Crippen LogP contribution is 2.25. The van der Waals surface area contributed by atoms with Crippen LogP contribution >= 0.6 is 11.6 Å². The first-order valence-electron chi connectivity index (χ1n) is 5.22. The number of rotatable bonds is 4. The summed E-state index contributed by atoms with van der Waals surface area (Å²) in [5.41, 5.74) is 0.00113. The van der Waals surface area contributed by atoms with Crippen LogP contribution in [0.3, 0.4) is 0 Å². The molecule has 1 amide bonds. The summed E-state index contributed by atoms with van der Waals surface area (Å²) in [5.74, 6) is -1.61. The number of carboxylic acid groups (broad SMARTS) is 1. The van der Waals surface area contributed by atoms with E-state index >= 15 is 0 Å². The third-order valence-corrected chi connectivity index (χ3v) is 2.60. The first kappa shape index (κ1) is 13.0. The molecule has 0 saturated heterocycles. The molecule has 0 radical (unpaired) electrons. The molecule has 0 fully saturated rings. The van der Waals surface area contributed by atoms with E-state index in [1.165, 1.54) is 35.5 Å². The third-order valence-electron chi connectivity index (χ3n) is 2.28. The molecule has 1 aromatic carbocycles. The van der Waals surface area contributed by atoms with Gasteiger partial charge in [-0.15, -0.1) is 0 Å². The highest BCUT2D eigenvalue weighted by atomic mass is 35.5. The summed E-state index contributed by atoms with van der Waals surface area (Å²) in [5, 5.41) is 15.4. The van der Waals surface area contributed by atoms with E-state index in [-0.39, 0.29) is 22.8 Å². The number of anilines is 1. The molecule has 0 bridgehead atoms. The largest absolute Gasteiger partial charge is 0.478 e. The lowest BCUT2D eigenvalue weighted by Crippen LogP contribution is -2.20. The summed E-state index contributed by atoms with van der Waals surface area (Å²) in [6, 6.07) is 4.36. The van der Waals surface area contributed by atoms with E-state index in [9.17, 15) is 9.59 Å². The maximum absolute atomic E-state index is 11.8. The lowest BCUT2D eigenvalue weighted by molar-refractivity contribution is -0.116. The van der Waals surface area contributed by atoms with E-state index in [1.54, 1.807) is 0 Å². The first-order valence-corrected chi connectivity index (χ1v) is 5.60. The molecule has 1 heterocycles. The summed E-state index contributed by atoms with van der Waals surface area (Å²) in [6.45, 7) is -0.0791. The van der Waals surface area contributed by atoms with Crippen molar-refractivity contribution < 1.29 is 14.7 Å². The average Bonchev–Trinajstić information content (AvgIpc) is 2.84. The zero-order valence-electron chi connectivity index (χ0n) is 9.58. The van der Waals surface area contributed by atoms with E-state index in [2.05, 4.69) is 15.4 Å². The second-order valence-electron chi connectivity index (χ2n) is 3.61. The zero-order valence-corrected chi connectivity index (χ0v) is 10.3.